The zero-order valence-corrected chi connectivity index (χ0v) is 8.84. The summed E-state index contributed by atoms with van der Waals surface area (Å²) in [6.07, 6.45) is 0. The van der Waals surface area contributed by atoms with E-state index in [1.54, 1.807) is 37.3 Å². The molecule has 0 amide bonds. The number of esters is 1. The van der Waals surface area contributed by atoms with Crippen LogP contribution in [0.5, 0.6) is 0 Å². The predicted octanol–water partition coefficient (Wildman–Crippen LogP) is 1.43. The molecule has 82 valence electrons. The first-order valence-corrected chi connectivity index (χ1v) is 4.86. The van der Waals surface area contributed by atoms with Crippen molar-refractivity contribution in [2.24, 2.45) is 0 Å². The Morgan fingerprint density at radius 1 is 1.38 bits per heavy atom. The zero-order chi connectivity index (χ0) is 12.0. The monoisotopic (exact) mass is 217 g/mol. The van der Waals surface area contributed by atoms with Crippen molar-refractivity contribution in [3.63, 3.8) is 0 Å². The molecule has 0 aliphatic rings. The number of rotatable bonds is 4. The number of Topliss-reactive ketones (excluding diaryl/α,β-unsaturated/α-hetero) is 1. The van der Waals surface area contributed by atoms with Crippen molar-refractivity contribution in [1.29, 1.82) is 5.26 Å². The molecule has 4 nitrogen and oxygen atoms in total. The molecule has 4 heteroatoms. The minimum atomic E-state index is -1.08. The van der Waals surface area contributed by atoms with Gasteiger partial charge in [-0.1, -0.05) is 30.3 Å². The van der Waals surface area contributed by atoms with Crippen LogP contribution < -0.4 is 0 Å². The lowest BCUT2D eigenvalue weighted by Crippen LogP contribution is -2.23. The second-order valence-corrected chi connectivity index (χ2v) is 3.06. The van der Waals surface area contributed by atoms with E-state index in [1.807, 2.05) is 6.07 Å². The van der Waals surface area contributed by atoms with Gasteiger partial charge in [-0.3, -0.25) is 4.79 Å². The molecule has 0 fully saturated rings. The van der Waals surface area contributed by atoms with Gasteiger partial charge in [0, 0.05) is 0 Å². The summed E-state index contributed by atoms with van der Waals surface area (Å²) >= 11 is 0. The lowest BCUT2D eigenvalue weighted by Gasteiger charge is -2.06. The second-order valence-electron chi connectivity index (χ2n) is 3.06. The van der Waals surface area contributed by atoms with Crippen LogP contribution in [-0.2, 0) is 14.3 Å². The number of carbonyl (C=O) groups excluding carboxylic acids is 2. The summed E-state index contributed by atoms with van der Waals surface area (Å²) in [5, 5.41) is 8.89. The molecule has 0 spiro atoms. The molecule has 0 saturated carbocycles. The molecule has 1 aromatic carbocycles. The SMILES string of the molecule is CCOC(=O)C(=O)[C@@H](C#N)c1ccccc1. The normalized spacial score (nSPS) is 11.2. The van der Waals surface area contributed by atoms with Crippen LogP contribution in [0.4, 0.5) is 0 Å². The highest BCUT2D eigenvalue weighted by molar-refractivity contribution is 6.36. The molecule has 1 aromatic rings. The third-order valence-electron chi connectivity index (χ3n) is 2.00. The van der Waals surface area contributed by atoms with Crippen molar-refractivity contribution in [3.05, 3.63) is 35.9 Å². The molecule has 0 aliphatic carbocycles. The minimum Gasteiger partial charge on any atom is -0.460 e. The lowest BCUT2D eigenvalue weighted by atomic mass is 9.96. The number of hydrogen-bond donors (Lipinski definition) is 0. The van der Waals surface area contributed by atoms with Gasteiger partial charge in [-0.15, -0.1) is 0 Å². The van der Waals surface area contributed by atoms with E-state index in [1.165, 1.54) is 0 Å². The van der Waals surface area contributed by atoms with E-state index in [2.05, 4.69) is 4.74 Å². The molecule has 16 heavy (non-hydrogen) atoms. The maximum Gasteiger partial charge on any atom is 0.376 e. The van der Waals surface area contributed by atoms with E-state index in [-0.39, 0.29) is 6.61 Å². The van der Waals surface area contributed by atoms with Crippen LogP contribution in [0.15, 0.2) is 30.3 Å². The molecular weight excluding hydrogens is 206 g/mol. The highest BCUT2D eigenvalue weighted by Gasteiger charge is 2.27. The summed E-state index contributed by atoms with van der Waals surface area (Å²) in [6.45, 7) is 1.73. The second kappa shape index (κ2) is 5.66. The summed E-state index contributed by atoms with van der Waals surface area (Å²) in [7, 11) is 0. The number of benzene rings is 1. The van der Waals surface area contributed by atoms with Crippen molar-refractivity contribution >= 4 is 11.8 Å². The van der Waals surface area contributed by atoms with Crippen LogP contribution in [0.2, 0.25) is 0 Å². The van der Waals surface area contributed by atoms with Gasteiger partial charge >= 0.3 is 5.97 Å². The largest absolute Gasteiger partial charge is 0.460 e. The summed E-state index contributed by atoms with van der Waals surface area (Å²) < 4.78 is 4.57. The van der Waals surface area contributed by atoms with Gasteiger partial charge < -0.3 is 4.74 Å². The highest BCUT2D eigenvalue weighted by atomic mass is 16.5. The quantitative estimate of drug-likeness (QED) is 0.565. The molecule has 1 rings (SSSR count). The van der Waals surface area contributed by atoms with Gasteiger partial charge in [-0.25, -0.2) is 4.79 Å². The third kappa shape index (κ3) is 2.67. The van der Waals surface area contributed by atoms with Gasteiger partial charge in [0.15, 0.2) is 0 Å². The van der Waals surface area contributed by atoms with Crippen molar-refractivity contribution in [1.82, 2.24) is 0 Å². The molecule has 0 N–H and O–H groups in total. The number of ketones is 1. The molecule has 0 unspecified atom stereocenters. The molecular formula is C12H11NO3. The maximum atomic E-state index is 11.6. The van der Waals surface area contributed by atoms with Crippen LogP contribution in [0, 0.1) is 11.3 Å². The van der Waals surface area contributed by atoms with E-state index < -0.39 is 17.7 Å². The predicted molar refractivity (Wildman–Crippen MR) is 56.4 cm³/mol. The fourth-order valence-electron chi connectivity index (χ4n) is 1.25. The Morgan fingerprint density at radius 2 is 2.00 bits per heavy atom. The number of hydrogen-bond acceptors (Lipinski definition) is 4. The van der Waals surface area contributed by atoms with Crippen LogP contribution in [-0.4, -0.2) is 18.4 Å². The van der Waals surface area contributed by atoms with Gasteiger partial charge in [0.2, 0.25) is 0 Å². The fraction of sp³-hybridized carbons (Fsp3) is 0.250. The van der Waals surface area contributed by atoms with Crippen LogP contribution >= 0.6 is 0 Å². The van der Waals surface area contributed by atoms with Gasteiger partial charge in [-0.05, 0) is 12.5 Å². The van der Waals surface area contributed by atoms with Gasteiger partial charge in [0.1, 0.15) is 5.92 Å². The Bertz CT molecular complexity index is 420. The highest BCUT2D eigenvalue weighted by Crippen LogP contribution is 2.16. The molecule has 0 saturated heterocycles. The lowest BCUT2D eigenvalue weighted by molar-refractivity contribution is -0.153. The average Bonchev–Trinajstić information content (AvgIpc) is 2.31. The first-order valence-electron chi connectivity index (χ1n) is 4.86. The fourth-order valence-corrected chi connectivity index (χ4v) is 1.25. The zero-order valence-electron chi connectivity index (χ0n) is 8.84. The molecule has 0 heterocycles. The first kappa shape index (κ1) is 11.9. The topological polar surface area (TPSA) is 67.2 Å². The number of ether oxygens (including phenoxy) is 1. The van der Waals surface area contributed by atoms with E-state index in [9.17, 15) is 9.59 Å². The smallest absolute Gasteiger partial charge is 0.376 e. The Morgan fingerprint density at radius 3 is 2.50 bits per heavy atom. The molecule has 0 aromatic heterocycles. The molecule has 0 aliphatic heterocycles. The van der Waals surface area contributed by atoms with Crippen LogP contribution in [0.1, 0.15) is 18.4 Å². The van der Waals surface area contributed by atoms with E-state index in [0.29, 0.717) is 5.56 Å². The van der Waals surface area contributed by atoms with Crippen molar-refractivity contribution in [3.8, 4) is 6.07 Å². The summed E-state index contributed by atoms with van der Waals surface area (Å²) in [5.74, 6) is -2.87. The number of nitriles is 1. The summed E-state index contributed by atoms with van der Waals surface area (Å²) in [4.78, 5) is 22.8. The molecule has 0 bridgehead atoms. The van der Waals surface area contributed by atoms with Crippen molar-refractivity contribution < 1.29 is 14.3 Å². The molecule has 1 atom stereocenters. The molecule has 0 radical (unpaired) electrons. The van der Waals surface area contributed by atoms with Crippen LogP contribution in [0.25, 0.3) is 0 Å². The van der Waals surface area contributed by atoms with Crippen molar-refractivity contribution in [2.75, 3.05) is 6.61 Å². The average molecular weight is 217 g/mol. The number of carbonyl (C=O) groups is 2. The number of nitrogens with zero attached hydrogens (tertiary/aromatic N) is 1. The Kier molecular flexibility index (Phi) is 4.22. The Hall–Kier alpha value is -2.15. The van der Waals surface area contributed by atoms with E-state index in [0.717, 1.165) is 0 Å². The van der Waals surface area contributed by atoms with Gasteiger partial charge in [-0.2, -0.15) is 5.26 Å². The van der Waals surface area contributed by atoms with Gasteiger partial charge in [0.05, 0.1) is 12.7 Å². The third-order valence-corrected chi connectivity index (χ3v) is 2.00. The van der Waals surface area contributed by atoms with Crippen LogP contribution in [0.3, 0.4) is 0 Å². The summed E-state index contributed by atoms with van der Waals surface area (Å²) in [5.41, 5.74) is 0.503. The Labute approximate surface area is 93.5 Å². The standard InChI is InChI=1S/C12H11NO3/c1-2-16-12(15)11(14)10(8-13)9-6-4-3-5-7-9/h3-7,10H,2H2,1H3/t10-/m0/s1. The first-order chi connectivity index (χ1) is 7.70. The van der Waals surface area contributed by atoms with E-state index >= 15 is 0 Å². The maximum absolute atomic E-state index is 11.6. The van der Waals surface area contributed by atoms with Gasteiger partial charge in [0.25, 0.3) is 5.78 Å². The van der Waals surface area contributed by atoms with E-state index in [4.69, 9.17) is 5.26 Å². The summed E-state index contributed by atoms with van der Waals surface area (Å²) in [6, 6.07) is 10.3. The Balaban J connectivity index is 2.89. The van der Waals surface area contributed by atoms with Crippen molar-refractivity contribution in [2.45, 2.75) is 12.8 Å². The minimum absolute atomic E-state index is 0.123.